The number of hydrogen-bond donors (Lipinski definition) is 0. The second kappa shape index (κ2) is 7.25. The summed E-state index contributed by atoms with van der Waals surface area (Å²) >= 11 is 6.17. The van der Waals surface area contributed by atoms with Gasteiger partial charge in [0.1, 0.15) is 11.5 Å². The molecule has 0 aliphatic carbocycles. The second-order valence-corrected chi connectivity index (χ2v) is 6.26. The van der Waals surface area contributed by atoms with Crippen molar-refractivity contribution in [1.29, 1.82) is 0 Å². The summed E-state index contributed by atoms with van der Waals surface area (Å²) in [5, 5.41) is 11.7. The van der Waals surface area contributed by atoms with Crippen LogP contribution in [0.15, 0.2) is 18.3 Å². The predicted octanol–water partition coefficient (Wildman–Crippen LogP) is 2.95. The Morgan fingerprint density at radius 2 is 2.23 bits per heavy atom. The van der Waals surface area contributed by atoms with Crippen molar-refractivity contribution in [2.24, 2.45) is 0 Å². The largest absolute Gasteiger partial charge is 0.465 e. The Labute approximate surface area is 154 Å². The standard InChI is InChI=1S/C17H17ClN4O4/c1-3-16-19-8-10-4-5-21(9-13(10)20-16)14-7-12(18)11(17(23)26-2)6-15(14)22(24)25/h6-8H,3-5,9H2,1-2H3. The molecule has 26 heavy (non-hydrogen) atoms. The summed E-state index contributed by atoms with van der Waals surface area (Å²) in [6.07, 6.45) is 3.21. The number of nitro benzene ring substituents is 1. The average Bonchev–Trinajstić information content (AvgIpc) is 2.65. The number of nitrogens with zero attached hydrogens (tertiary/aromatic N) is 4. The number of benzene rings is 1. The lowest BCUT2D eigenvalue weighted by Crippen LogP contribution is -2.32. The zero-order valence-corrected chi connectivity index (χ0v) is 15.1. The van der Waals surface area contributed by atoms with Gasteiger partial charge in [-0.05, 0) is 18.1 Å². The van der Waals surface area contributed by atoms with Crippen LogP contribution in [0, 0.1) is 10.1 Å². The molecule has 1 aliphatic heterocycles. The molecule has 1 aliphatic rings. The molecule has 0 fully saturated rings. The summed E-state index contributed by atoms with van der Waals surface area (Å²) in [4.78, 5) is 33.5. The number of carbonyl (C=O) groups is 1. The number of halogens is 1. The van der Waals surface area contributed by atoms with Gasteiger partial charge in [-0.15, -0.1) is 0 Å². The number of ether oxygens (including phenoxy) is 1. The maximum Gasteiger partial charge on any atom is 0.339 e. The van der Waals surface area contributed by atoms with Crippen molar-refractivity contribution in [3.8, 4) is 0 Å². The summed E-state index contributed by atoms with van der Waals surface area (Å²) in [5.41, 5.74) is 2.03. The van der Waals surface area contributed by atoms with Gasteiger partial charge in [0, 0.05) is 25.2 Å². The molecule has 0 atom stereocenters. The minimum absolute atomic E-state index is 0.0300. The topological polar surface area (TPSA) is 98.5 Å². The minimum atomic E-state index is -0.714. The molecular weight excluding hydrogens is 360 g/mol. The van der Waals surface area contributed by atoms with Crippen LogP contribution in [0.5, 0.6) is 0 Å². The van der Waals surface area contributed by atoms with Crippen LogP contribution < -0.4 is 4.90 Å². The van der Waals surface area contributed by atoms with Gasteiger partial charge in [0.25, 0.3) is 5.69 Å². The Bertz CT molecular complexity index is 887. The number of nitro groups is 1. The van der Waals surface area contributed by atoms with Gasteiger partial charge in [-0.2, -0.15) is 0 Å². The van der Waals surface area contributed by atoms with Gasteiger partial charge in [-0.1, -0.05) is 18.5 Å². The van der Waals surface area contributed by atoms with E-state index in [-0.39, 0.29) is 16.3 Å². The first-order valence-corrected chi connectivity index (χ1v) is 8.47. The van der Waals surface area contributed by atoms with Gasteiger partial charge in [-0.25, -0.2) is 14.8 Å². The van der Waals surface area contributed by atoms with E-state index in [2.05, 4.69) is 14.7 Å². The predicted molar refractivity (Wildman–Crippen MR) is 95.6 cm³/mol. The van der Waals surface area contributed by atoms with E-state index >= 15 is 0 Å². The highest BCUT2D eigenvalue weighted by molar-refractivity contribution is 6.34. The second-order valence-electron chi connectivity index (χ2n) is 5.85. The molecule has 3 rings (SSSR count). The van der Waals surface area contributed by atoms with Crippen molar-refractivity contribution in [3.63, 3.8) is 0 Å². The minimum Gasteiger partial charge on any atom is -0.465 e. The molecule has 0 unspecified atom stereocenters. The lowest BCUT2D eigenvalue weighted by molar-refractivity contribution is -0.384. The molecule has 0 amide bonds. The van der Waals surface area contributed by atoms with Crippen LogP contribution in [0.4, 0.5) is 11.4 Å². The van der Waals surface area contributed by atoms with Gasteiger partial charge in [-0.3, -0.25) is 10.1 Å². The quantitative estimate of drug-likeness (QED) is 0.459. The third-order valence-corrected chi connectivity index (χ3v) is 4.63. The average molecular weight is 377 g/mol. The van der Waals surface area contributed by atoms with Crippen LogP contribution >= 0.6 is 11.6 Å². The van der Waals surface area contributed by atoms with Crippen molar-refractivity contribution in [1.82, 2.24) is 9.97 Å². The fraction of sp³-hybridized carbons (Fsp3) is 0.353. The molecule has 1 aromatic heterocycles. The molecule has 0 bridgehead atoms. The maximum absolute atomic E-state index is 11.8. The first-order valence-electron chi connectivity index (χ1n) is 8.09. The first kappa shape index (κ1) is 18.1. The van der Waals surface area contributed by atoms with Crippen LogP contribution in [-0.2, 0) is 24.1 Å². The highest BCUT2D eigenvalue weighted by Crippen LogP contribution is 2.36. The summed E-state index contributed by atoms with van der Waals surface area (Å²) in [7, 11) is 1.20. The molecule has 1 aromatic carbocycles. The van der Waals surface area contributed by atoms with Crippen molar-refractivity contribution in [3.05, 3.63) is 56.1 Å². The van der Waals surface area contributed by atoms with E-state index in [0.29, 0.717) is 31.6 Å². The summed E-state index contributed by atoms with van der Waals surface area (Å²) in [6, 6.07) is 2.61. The number of methoxy groups -OCH3 is 1. The molecule has 0 saturated carbocycles. The molecule has 0 N–H and O–H groups in total. The number of aryl methyl sites for hydroxylation is 1. The molecular formula is C17H17ClN4O4. The van der Waals surface area contributed by atoms with E-state index in [4.69, 9.17) is 11.6 Å². The smallest absolute Gasteiger partial charge is 0.339 e. The fourth-order valence-corrected chi connectivity index (χ4v) is 3.17. The van der Waals surface area contributed by atoms with Crippen LogP contribution in [0.1, 0.15) is 34.4 Å². The summed E-state index contributed by atoms with van der Waals surface area (Å²) < 4.78 is 4.63. The Morgan fingerprint density at radius 3 is 2.88 bits per heavy atom. The third kappa shape index (κ3) is 3.32. The Morgan fingerprint density at radius 1 is 1.46 bits per heavy atom. The van der Waals surface area contributed by atoms with E-state index in [0.717, 1.165) is 23.1 Å². The number of anilines is 1. The monoisotopic (exact) mass is 376 g/mol. The molecule has 136 valence electrons. The SMILES string of the molecule is CCc1ncc2c(n1)CN(c1cc(Cl)c(C(=O)OC)cc1[N+](=O)[O-])CC2. The summed E-state index contributed by atoms with van der Waals surface area (Å²) in [5.74, 6) is 0.0214. The van der Waals surface area contributed by atoms with Crippen molar-refractivity contribution in [2.75, 3.05) is 18.6 Å². The van der Waals surface area contributed by atoms with Crippen molar-refractivity contribution in [2.45, 2.75) is 26.3 Å². The molecule has 8 nitrogen and oxygen atoms in total. The highest BCUT2D eigenvalue weighted by atomic mass is 35.5. The molecule has 0 spiro atoms. The van der Waals surface area contributed by atoms with Crippen LogP contribution in [0.25, 0.3) is 0 Å². The number of rotatable bonds is 4. The van der Waals surface area contributed by atoms with Gasteiger partial charge >= 0.3 is 5.97 Å². The van der Waals surface area contributed by atoms with Gasteiger partial charge in [0.2, 0.25) is 0 Å². The zero-order valence-electron chi connectivity index (χ0n) is 14.4. The van der Waals surface area contributed by atoms with Gasteiger partial charge in [0.05, 0.1) is 34.9 Å². The molecule has 0 saturated heterocycles. The lowest BCUT2D eigenvalue weighted by Gasteiger charge is -2.29. The van der Waals surface area contributed by atoms with E-state index in [1.165, 1.54) is 13.2 Å². The molecule has 0 radical (unpaired) electrons. The van der Waals surface area contributed by atoms with E-state index in [1.807, 2.05) is 18.0 Å². The van der Waals surface area contributed by atoms with E-state index < -0.39 is 10.9 Å². The fourth-order valence-electron chi connectivity index (χ4n) is 2.94. The van der Waals surface area contributed by atoms with Crippen LogP contribution in [0.2, 0.25) is 5.02 Å². The van der Waals surface area contributed by atoms with Crippen molar-refractivity contribution < 1.29 is 14.5 Å². The third-order valence-electron chi connectivity index (χ3n) is 4.32. The summed E-state index contributed by atoms with van der Waals surface area (Å²) in [6.45, 7) is 2.95. The Kier molecular flexibility index (Phi) is 5.03. The van der Waals surface area contributed by atoms with Crippen LogP contribution in [0.3, 0.4) is 0 Å². The normalized spacial score (nSPS) is 13.3. The lowest BCUT2D eigenvalue weighted by atomic mass is 10.0. The maximum atomic E-state index is 11.8. The molecule has 2 aromatic rings. The zero-order chi connectivity index (χ0) is 18.8. The molecule has 2 heterocycles. The number of fused-ring (bicyclic) bond motifs is 1. The number of aromatic nitrogens is 2. The Hall–Kier alpha value is -2.74. The molecule has 9 heteroatoms. The van der Waals surface area contributed by atoms with Gasteiger partial charge < -0.3 is 9.64 Å². The van der Waals surface area contributed by atoms with Crippen LogP contribution in [-0.4, -0.2) is 34.5 Å². The first-order chi connectivity index (χ1) is 12.4. The van der Waals surface area contributed by atoms with Crippen molar-refractivity contribution >= 4 is 28.9 Å². The highest BCUT2D eigenvalue weighted by Gasteiger charge is 2.28. The van der Waals surface area contributed by atoms with E-state index in [9.17, 15) is 14.9 Å². The number of carbonyl (C=O) groups excluding carboxylic acids is 1. The Balaban J connectivity index is 2.02. The number of hydrogen-bond acceptors (Lipinski definition) is 7. The van der Waals surface area contributed by atoms with E-state index in [1.54, 1.807) is 0 Å². The van der Waals surface area contributed by atoms with Gasteiger partial charge in [0.15, 0.2) is 0 Å². The number of esters is 1.